The molecule has 9 heavy (non-hydrogen) atoms. The van der Waals surface area contributed by atoms with Crippen molar-refractivity contribution in [1.82, 2.24) is 9.55 Å². The topological polar surface area (TPSA) is 17.8 Å². The van der Waals surface area contributed by atoms with E-state index in [-0.39, 0.29) is 0 Å². The van der Waals surface area contributed by atoms with Crippen LogP contribution in [0.25, 0.3) is 0 Å². The Labute approximate surface area is 54.8 Å². The maximum Gasteiger partial charge on any atom is 0.0945 e. The predicted octanol–water partition coefficient (Wildman–Crippen LogP) is 1.16. The molecule has 0 N–H and O–H groups in total. The van der Waals surface area contributed by atoms with Gasteiger partial charge in [-0.1, -0.05) is 6.08 Å². The van der Waals surface area contributed by atoms with Crippen LogP contribution in [0.1, 0.15) is 5.69 Å². The van der Waals surface area contributed by atoms with Gasteiger partial charge in [-0.3, -0.25) is 0 Å². The lowest BCUT2D eigenvalue weighted by atomic mass is 10.3. The second-order valence-electron chi connectivity index (χ2n) is 1.83. The van der Waals surface area contributed by atoms with E-state index in [4.69, 9.17) is 0 Å². The van der Waals surface area contributed by atoms with Crippen LogP contribution in [0.15, 0.2) is 25.2 Å². The van der Waals surface area contributed by atoms with Gasteiger partial charge in [0.1, 0.15) is 0 Å². The van der Waals surface area contributed by atoms with E-state index < -0.39 is 0 Å². The van der Waals surface area contributed by atoms with Crippen molar-refractivity contribution in [2.24, 2.45) is 7.05 Å². The molecule has 0 amide bonds. The highest BCUT2D eigenvalue weighted by molar-refractivity contribution is 5.16. The van der Waals surface area contributed by atoms with Gasteiger partial charge in [-0.25, -0.2) is 4.98 Å². The molecule has 0 aromatic carbocycles. The summed E-state index contributed by atoms with van der Waals surface area (Å²) >= 11 is 0. The number of rotatable bonds is 2. The number of aromatic nitrogens is 2. The lowest BCUT2D eigenvalue weighted by molar-refractivity contribution is 0.885. The van der Waals surface area contributed by atoms with Gasteiger partial charge in [0.15, 0.2) is 0 Å². The molecule has 2 heteroatoms. The first kappa shape index (κ1) is 6.08. The summed E-state index contributed by atoms with van der Waals surface area (Å²) in [4.78, 5) is 3.92. The molecule has 0 saturated carbocycles. The number of hydrogen-bond donors (Lipinski definition) is 0. The van der Waals surface area contributed by atoms with Gasteiger partial charge in [-0.2, -0.15) is 0 Å². The fraction of sp³-hybridized carbons (Fsp3) is 0.143. The van der Waals surface area contributed by atoms with Gasteiger partial charge in [0.05, 0.1) is 6.33 Å². The molecule has 1 radical (unpaired) electrons. The quantitative estimate of drug-likeness (QED) is 0.574. The number of imidazole rings is 1. The van der Waals surface area contributed by atoms with E-state index in [2.05, 4.69) is 11.6 Å². The fourth-order valence-electron chi connectivity index (χ4n) is 0.649. The summed E-state index contributed by atoms with van der Waals surface area (Å²) < 4.78 is 1.93. The standard InChI is InChI=1S/C7H9N2/c1-3-4-7-5-8-6-9(7)2/h3-6H,1H2,2H3. The zero-order chi connectivity index (χ0) is 6.69. The van der Waals surface area contributed by atoms with Gasteiger partial charge >= 0.3 is 0 Å². The third-order valence-electron chi connectivity index (χ3n) is 1.14. The van der Waals surface area contributed by atoms with Crippen LogP contribution < -0.4 is 0 Å². The molecule has 1 aromatic heterocycles. The SMILES string of the molecule is C=C[CH]c1cncn1C. The fourth-order valence-corrected chi connectivity index (χ4v) is 0.649. The van der Waals surface area contributed by atoms with Crippen LogP contribution in [0.5, 0.6) is 0 Å². The minimum atomic E-state index is 1.07. The van der Waals surface area contributed by atoms with Crippen molar-refractivity contribution < 1.29 is 0 Å². The van der Waals surface area contributed by atoms with Crippen molar-refractivity contribution in [3.63, 3.8) is 0 Å². The van der Waals surface area contributed by atoms with E-state index in [0.29, 0.717) is 0 Å². The van der Waals surface area contributed by atoms with Crippen molar-refractivity contribution >= 4 is 0 Å². The summed E-state index contributed by atoms with van der Waals surface area (Å²) in [5.74, 6) is 0. The van der Waals surface area contributed by atoms with Crippen LogP contribution in [-0.4, -0.2) is 9.55 Å². The lowest BCUT2D eigenvalue weighted by Gasteiger charge is -1.93. The minimum Gasteiger partial charge on any atom is -0.337 e. The van der Waals surface area contributed by atoms with Crippen molar-refractivity contribution in [1.29, 1.82) is 0 Å². The maximum atomic E-state index is 3.92. The van der Waals surface area contributed by atoms with E-state index in [1.807, 2.05) is 18.0 Å². The van der Waals surface area contributed by atoms with Gasteiger partial charge in [-0.15, -0.1) is 6.58 Å². The Hall–Kier alpha value is -1.05. The van der Waals surface area contributed by atoms with E-state index in [1.165, 1.54) is 0 Å². The second-order valence-corrected chi connectivity index (χ2v) is 1.83. The molecular formula is C7H9N2. The molecule has 0 aliphatic carbocycles. The van der Waals surface area contributed by atoms with Crippen LogP contribution in [0.2, 0.25) is 0 Å². The number of allylic oxidation sites excluding steroid dienone is 1. The highest BCUT2D eigenvalue weighted by atomic mass is 15.0. The second kappa shape index (κ2) is 2.49. The normalized spacial score (nSPS) is 9.44. The van der Waals surface area contributed by atoms with Crippen LogP contribution in [0.4, 0.5) is 0 Å². The number of nitrogens with zero attached hydrogens (tertiary/aromatic N) is 2. The Bertz CT molecular complexity index is 200. The Morgan fingerprint density at radius 1 is 1.78 bits per heavy atom. The van der Waals surface area contributed by atoms with E-state index in [0.717, 1.165) is 5.69 Å². The van der Waals surface area contributed by atoms with E-state index in [1.54, 1.807) is 18.6 Å². The third-order valence-corrected chi connectivity index (χ3v) is 1.14. The molecule has 0 fully saturated rings. The Morgan fingerprint density at radius 3 is 3.00 bits per heavy atom. The summed E-state index contributed by atoms with van der Waals surface area (Å²) in [6.07, 6.45) is 7.21. The molecule has 47 valence electrons. The van der Waals surface area contributed by atoms with Gasteiger partial charge in [0, 0.05) is 25.4 Å². The van der Waals surface area contributed by atoms with Crippen molar-refractivity contribution in [2.45, 2.75) is 0 Å². The van der Waals surface area contributed by atoms with Crippen LogP contribution in [0, 0.1) is 6.42 Å². The smallest absolute Gasteiger partial charge is 0.0945 e. The Kier molecular flexibility index (Phi) is 1.68. The number of hydrogen-bond acceptors (Lipinski definition) is 1. The molecule has 1 aromatic rings. The molecule has 0 unspecified atom stereocenters. The first-order valence-corrected chi connectivity index (χ1v) is 2.76. The molecular weight excluding hydrogens is 112 g/mol. The lowest BCUT2D eigenvalue weighted by Crippen LogP contribution is -1.89. The first-order chi connectivity index (χ1) is 4.34. The summed E-state index contributed by atoms with van der Waals surface area (Å²) in [5.41, 5.74) is 1.07. The average molecular weight is 121 g/mol. The van der Waals surface area contributed by atoms with Crippen LogP contribution >= 0.6 is 0 Å². The van der Waals surface area contributed by atoms with Gasteiger partial charge < -0.3 is 4.57 Å². The monoisotopic (exact) mass is 121 g/mol. The van der Waals surface area contributed by atoms with Crippen molar-refractivity contribution in [3.8, 4) is 0 Å². The van der Waals surface area contributed by atoms with E-state index in [9.17, 15) is 0 Å². The molecule has 0 saturated heterocycles. The summed E-state index contributed by atoms with van der Waals surface area (Å²) in [5, 5.41) is 0. The first-order valence-electron chi connectivity index (χ1n) is 2.76. The van der Waals surface area contributed by atoms with Crippen molar-refractivity contribution in [2.75, 3.05) is 0 Å². The van der Waals surface area contributed by atoms with Gasteiger partial charge in [-0.05, 0) is 0 Å². The summed E-state index contributed by atoms with van der Waals surface area (Å²) in [6, 6.07) is 0. The Morgan fingerprint density at radius 2 is 2.56 bits per heavy atom. The predicted molar refractivity (Wildman–Crippen MR) is 36.8 cm³/mol. The molecule has 0 bridgehead atoms. The van der Waals surface area contributed by atoms with E-state index >= 15 is 0 Å². The summed E-state index contributed by atoms with van der Waals surface area (Å²) in [7, 11) is 1.95. The Balaban J connectivity index is 2.80. The van der Waals surface area contributed by atoms with Crippen molar-refractivity contribution in [3.05, 3.63) is 37.3 Å². The zero-order valence-electron chi connectivity index (χ0n) is 5.41. The molecule has 0 spiro atoms. The van der Waals surface area contributed by atoms with Crippen LogP contribution in [0.3, 0.4) is 0 Å². The van der Waals surface area contributed by atoms with Gasteiger partial charge in [0.2, 0.25) is 0 Å². The zero-order valence-corrected chi connectivity index (χ0v) is 5.41. The van der Waals surface area contributed by atoms with Crippen LogP contribution in [-0.2, 0) is 7.05 Å². The molecule has 1 heterocycles. The maximum absolute atomic E-state index is 3.92. The molecule has 0 aliphatic heterocycles. The molecule has 2 nitrogen and oxygen atoms in total. The molecule has 0 aliphatic rings. The third kappa shape index (κ3) is 1.19. The largest absolute Gasteiger partial charge is 0.337 e. The summed E-state index contributed by atoms with van der Waals surface area (Å²) in [6.45, 7) is 3.58. The molecule has 0 atom stereocenters. The highest BCUT2D eigenvalue weighted by Crippen LogP contribution is 1.98. The number of aryl methyl sites for hydroxylation is 1. The highest BCUT2D eigenvalue weighted by Gasteiger charge is 1.92. The minimum absolute atomic E-state index is 1.07. The molecule has 1 rings (SSSR count). The average Bonchev–Trinajstić information content (AvgIpc) is 2.18. The van der Waals surface area contributed by atoms with Gasteiger partial charge in [0.25, 0.3) is 0 Å².